The van der Waals surface area contributed by atoms with Crippen molar-refractivity contribution in [3.63, 3.8) is 0 Å². The fourth-order valence-corrected chi connectivity index (χ4v) is 6.85. The van der Waals surface area contributed by atoms with Crippen LogP contribution in [-0.2, 0) is 32.3 Å². The monoisotopic (exact) mass is 752 g/mol. The van der Waals surface area contributed by atoms with Crippen LogP contribution in [0.1, 0.15) is 22.3 Å². The third-order valence-electron chi connectivity index (χ3n) is 8.40. The third kappa shape index (κ3) is 9.28. The average molecular weight is 753 g/mol. The van der Waals surface area contributed by atoms with E-state index in [9.17, 15) is 28.2 Å². The lowest BCUT2D eigenvalue weighted by atomic mass is 10.1. The van der Waals surface area contributed by atoms with Crippen LogP contribution in [0.5, 0.6) is 34.5 Å². The number of phenols is 2. The fraction of sp³-hybridized carbons (Fsp3) is 0.0455. The summed E-state index contributed by atoms with van der Waals surface area (Å²) in [7, 11) is -3.91. The second-order valence-electron chi connectivity index (χ2n) is 12.3. The smallest absolute Gasteiger partial charge is 0.228 e. The van der Waals surface area contributed by atoms with Crippen molar-refractivity contribution in [2.45, 2.75) is 22.6 Å². The Kier molecular flexibility index (Phi) is 11.4. The highest BCUT2D eigenvalue weighted by molar-refractivity contribution is 7.91. The van der Waals surface area contributed by atoms with E-state index in [1.807, 2.05) is 0 Å². The molecule has 0 aliphatic heterocycles. The lowest BCUT2D eigenvalue weighted by molar-refractivity contribution is -0.116. The van der Waals surface area contributed by atoms with Crippen molar-refractivity contribution in [2.24, 2.45) is 0 Å². The van der Waals surface area contributed by atoms with E-state index >= 15 is 0 Å². The Morgan fingerprint density at radius 2 is 0.945 bits per heavy atom. The molecule has 0 saturated carbocycles. The molecule has 6 aromatic rings. The Morgan fingerprint density at radius 1 is 0.564 bits per heavy atom. The molecule has 6 rings (SSSR count). The molecule has 0 aliphatic carbocycles. The first kappa shape index (κ1) is 37.6. The molecule has 6 aromatic carbocycles. The fourth-order valence-electron chi connectivity index (χ4n) is 5.58. The summed E-state index contributed by atoms with van der Waals surface area (Å²) in [5.41, 5.74) is 3.21. The van der Waals surface area contributed by atoms with Gasteiger partial charge in [0.15, 0.2) is 11.5 Å². The number of nitrogens with one attached hydrogen (secondary N) is 2. The van der Waals surface area contributed by atoms with Gasteiger partial charge in [-0.15, -0.1) is 0 Å². The first-order valence-electron chi connectivity index (χ1n) is 17.0. The number of rotatable bonds is 14. The van der Waals surface area contributed by atoms with Gasteiger partial charge in [0.1, 0.15) is 23.0 Å². The molecule has 11 heteroatoms. The van der Waals surface area contributed by atoms with Crippen molar-refractivity contribution in [1.82, 2.24) is 0 Å². The normalized spacial score (nSPS) is 10.9. The Bertz CT molecular complexity index is 2330. The number of hydrogen-bond acceptors (Lipinski definition) is 8. The van der Waals surface area contributed by atoms with Gasteiger partial charge >= 0.3 is 0 Å². The maximum Gasteiger partial charge on any atom is 0.228 e. The molecule has 276 valence electrons. The van der Waals surface area contributed by atoms with Gasteiger partial charge in [0, 0.05) is 11.1 Å². The molecule has 0 radical (unpaired) electrons. The first-order chi connectivity index (χ1) is 26.5. The van der Waals surface area contributed by atoms with Gasteiger partial charge in [-0.05, 0) is 96.1 Å². The van der Waals surface area contributed by atoms with Crippen LogP contribution in [0.2, 0.25) is 0 Å². The predicted molar refractivity (Wildman–Crippen MR) is 212 cm³/mol. The zero-order valence-electron chi connectivity index (χ0n) is 29.4. The summed E-state index contributed by atoms with van der Waals surface area (Å²) in [5, 5.41) is 25.8. The Labute approximate surface area is 318 Å². The molecule has 4 N–H and O–H groups in total. The number of anilines is 2. The first-order valence-corrected chi connectivity index (χ1v) is 18.5. The quantitative estimate of drug-likeness (QED) is 0.0860. The zero-order chi connectivity index (χ0) is 39.0. The Morgan fingerprint density at radius 3 is 1.31 bits per heavy atom. The minimum Gasteiger partial charge on any atom is -0.507 e. The van der Waals surface area contributed by atoms with Crippen LogP contribution < -0.4 is 20.1 Å². The molecule has 55 heavy (non-hydrogen) atoms. The maximum absolute atomic E-state index is 13.5. The highest BCUT2D eigenvalue weighted by Crippen LogP contribution is 2.33. The number of para-hydroxylation sites is 4. The van der Waals surface area contributed by atoms with Crippen LogP contribution in [0.15, 0.2) is 156 Å². The number of hydrogen-bond donors (Lipinski definition) is 4. The number of amides is 2. The number of sulfone groups is 1. The van der Waals surface area contributed by atoms with Crippen LogP contribution >= 0.6 is 0 Å². The van der Waals surface area contributed by atoms with Crippen LogP contribution in [-0.4, -0.2) is 30.4 Å². The molecule has 0 aliphatic rings. The van der Waals surface area contributed by atoms with Gasteiger partial charge in [0.2, 0.25) is 21.7 Å². The van der Waals surface area contributed by atoms with Gasteiger partial charge in [-0.3, -0.25) is 9.59 Å². The largest absolute Gasteiger partial charge is 0.507 e. The number of phenolic OH excluding ortho intramolecular Hbond substituents is 2. The molecule has 2 amide bonds. The molecular weight excluding hydrogens is 717 g/mol. The molecule has 0 aromatic heterocycles. The number of ether oxygens (including phenoxy) is 2. The van der Waals surface area contributed by atoms with E-state index in [2.05, 4.69) is 23.8 Å². The molecule has 0 spiro atoms. The van der Waals surface area contributed by atoms with Crippen LogP contribution in [0.25, 0.3) is 12.2 Å². The summed E-state index contributed by atoms with van der Waals surface area (Å²) in [6.45, 7) is 7.29. The van der Waals surface area contributed by atoms with E-state index in [0.717, 1.165) is 0 Å². The summed E-state index contributed by atoms with van der Waals surface area (Å²) in [6, 6.07) is 35.4. The van der Waals surface area contributed by atoms with Crippen molar-refractivity contribution >= 4 is 45.2 Å². The van der Waals surface area contributed by atoms with Gasteiger partial charge in [0.05, 0.1) is 34.0 Å². The summed E-state index contributed by atoms with van der Waals surface area (Å²) < 4.78 is 39.1. The molecule has 0 saturated heterocycles. The van der Waals surface area contributed by atoms with Crippen molar-refractivity contribution in [3.05, 3.63) is 169 Å². The third-order valence-corrected chi connectivity index (χ3v) is 10.2. The maximum atomic E-state index is 13.5. The molecule has 0 unspecified atom stereocenters. The Hall–Kier alpha value is -7.11. The SMILES string of the molecule is C=Cc1ccc(CC(=O)Nc2ccccc2Oc2ccc(S(=O)(=O)c3ccc(Oc4ccccc4NC(=O)Cc4ccc(C=C)c(O)c4)cc3)cc2)cc1O. The summed E-state index contributed by atoms with van der Waals surface area (Å²) in [4.78, 5) is 25.7. The molecule has 0 bridgehead atoms. The van der Waals surface area contributed by atoms with Gasteiger partial charge < -0.3 is 30.3 Å². The minimum atomic E-state index is -3.91. The van der Waals surface area contributed by atoms with E-state index in [1.54, 1.807) is 72.8 Å². The highest BCUT2D eigenvalue weighted by Gasteiger charge is 2.19. The van der Waals surface area contributed by atoms with Crippen molar-refractivity contribution in [2.75, 3.05) is 10.6 Å². The number of carbonyl (C=O) groups excluding carboxylic acids is 2. The molecular formula is C44H36N2O8S. The van der Waals surface area contributed by atoms with Gasteiger partial charge in [0.25, 0.3) is 0 Å². The topological polar surface area (TPSA) is 151 Å². The van der Waals surface area contributed by atoms with E-state index in [-0.39, 0.29) is 45.9 Å². The van der Waals surface area contributed by atoms with Gasteiger partial charge in [-0.2, -0.15) is 0 Å². The van der Waals surface area contributed by atoms with Gasteiger partial charge in [-0.1, -0.05) is 73.8 Å². The molecule has 0 atom stereocenters. The minimum absolute atomic E-state index is 0.0186. The van der Waals surface area contributed by atoms with Crippen LogP contribution in [0, 0.1) is 0 Å². The molecule has 0 fully saturated rings. The van der Waals surface area contributed by atoms with Gasteiger partial charge in [-0.25, -0.2) is 8.42 Å². The molecule has 0 heterocycles. The number of aromatic hydroxyl groups is 2. The second kappa shape index (κ2) is 16.7. The Balaban J connectivity index is 1.08. The standard InChI is InChI=1S/C44H36N2O8S/c1-3-31-15-13-29(25-39(31)47)27-43(49)45-37-9-5-7-11-41(37)53-33-17-21-35(22-18-33)55(51,52)36-23-19-34(20-24-36)54-42-12-8-6-10-38(42)46-44(50)28-30-14-16-32(4-2)40(48)26-30/h3-26,47-48H,1-2,27-28H2,(H,45,49)(H,46,50). The predicted octanol–water partition coefficient (Wildman–Crippen LogP) is 9.16. The average Bonchev–Trinajstić information content (AvgIpc) is 3.17. The van der Waals surface area contributed by atoms with E-state index in [1.165, 1.54) is 72.8 Å². The summed E-state index contributed by atoms with van der Waals surface area (Å²) in [6.07, 6.45) is 3.09. The van der Waals surface area contributed by atoms with Crippen molar-refractivity contribution in [1.29, 1.82) is 0 Å². The van der Waals surface area contributed by atoms with Crippen LogP contribution in [0.4, 0.5) is 11.4 Å². The van der Waals surface area contributed by atoms with E-state index in [0.29, 0.717) is 56.6 Å². The highest BCUT2D eigenvalue weighted by atomic mass is 32.2. The van der Waals surface area contributed by atoms with Crippen LogP contribution in [0.3, 0.4) is 0 Å². The summed E-state index contributed by atoms with van der Waals surface area (Å²) >= 11 is 0. The summed E-state index contributed by atoms with van der Waals surface area (Å²) in [5.74, 6) is 0.841. The number of carbonyl (C=O) groups is 2. The van der Waals surface area contributed by atoms with E-state index < -0.39 is 9.84 Å². The second-order valence-corrected chi connectivity index (χ2v) is 14.2. The number of benzene rings is 6. The van der Waals surface area contributed by atoms with Crippen molar-refractivity contribution in [3.8, 4) is 34.5 Å². The lowest BCUT2D eigenvalue weighted by Crippen LogP contribution is -2.15. The lowest BCUT2D eigenvalue weighted by Gasteiger charge is -2.14. The van der Waals surface area contributed by atoms with E-state index in [4.69, 9.17) is 9.47 Å². The zero-order valence-corrected chi connectivity index (χ0v) is 30.3. The molecule has 10 nitrogen and oxygen atoms in total. The van der Waals surface area contributed by atoms with Crippen molar-refractivity contribution < 1.29 is 37.7 Å².